The van der Waals surface area contributed by atoms with E-state index in [2.05, 4.69) is 48.9 Å². The molecule has 0 radical (unpaired) electrons. The van der Waals surface area contributed by atoms with Gasteiger partial charge in [0.15, 0.2) is 0 Å². The molecular formula is C23H35N3. The molecule has 1 saturated heterocycles. The van der Waals surface area contributed by atoms with Crippen LogP contribution in [-0.2, 0) is 5.41 Å². The molecule has 4 aliphatic rings. The summed E-state index contributed by atoms with van der Waals surface area (Å²) in [7, 11) is 0. The lowest BCUT2D eigenvalue weighted by molar-refractivity contribution is 0.147. The lowest BCUT2D eigenvalue weighted by Crippen LogP contribution is -2.51. The van der Waals surface area contributed by atoms with E-state index in [4.69, 9.17) is 4.98 Å². The van der Waals surface area contributed by atoms with Crippen molar-refractivity contribution in [3.8, 4) is 0 Å². The van der Waals surface area contributed by atoms with Crippen molar-refractivity contribution in [3.05, 3.63) is 23.9 Å². The second-order valence-corrected chi connectivity index (χ2v) is 10.1. The summed E-state index contributed by atoms with van der Waals surface area (Å²) in [4.78, 5) is 10.2. The summed E-state index contributed by atoms with van der Waals surface area (Å²) >= 11 is 0. The minimum Gasteiger partial charge on any atom is -0.354 e. The van der Waals surface area contributed by atoms with E-state index in [0.29, 0.717) is 0 Å². The van der Waals surface area contributed by atoms with Gasteiger partial charge >= 0.3 is 0 Å². The Bertz CT molecular complexity index is 659. The van der Waals surface area contributed by atoms with Gasteiger partial charge in [0.1, 0.15) is 5.82 Å². The summed E-state index contributed by atoms with van der Waals surface area (Å²) in [6.07, 6.45) is 10.7. The maximum absolute atomic E-state index is 4.84. The molecule has 1 spiro atoms. The van der Waals surface area contributed by atoms with Gasteiger partial charge in [-0.1, -0.05) is 33.3 Å². The molecular weight excluding hydrogens is 318 g/mol. The molecule has 142 valence electrons. The number of nitrogens with zero attached hydrogens (tertiary/aromatic N) is 3. The van der Waals surface area contributed by atoms with Crippen LogP contribution in [0.2, 0.25) is 0 Å². The van der Waals surface area contributed by atoms with Gasteiger partial charge in [-0.2, -0.15) is 0 Å². The lowest BCUT2D eigenvalue weighted by Gasteiger charge is -2.40. The van der Waals surface area contributed by atoms with Gasteiger partial charge in [-0.3, -0.25) is 4.90 Å². The number of hydrogen-bond donors (Lipinski definition) is 0. The molecule has 5 rings (SSSR count). The average molecular weight is 354 g/mol. The van der Waals surface area contributed by atoms with Crippen LogP contribution in [0, 0.1) is 17.3 Å². The zero-order valence-electron chi connectivity index (χ0n) is 16.9. The SMILES string of the molecule is CCCC(C)(C)c1ccc(N2CCN(C3CC4CCC45CC35)CC2)nc1. The van der Waals surface area contributed by atoms with Crippen molar-refractivity contribution in [1.82, 2.24) is 9.88 Å². The van der Waals surface area contributed by atoms with Gasteiger partial charge in [0.05, 0.1) is 0 Å². The van der Waals surface area contributed by atoms with Crippen molar-refractivity contribution in [3.63, 3.8) is 0 Å². The Labute approximate surface area is 159 Å². The van der Waals surface area contributed by atoms with Crippen LogP contribution in [0.1, 0.15) is 64.9 Å². The monoisotopic (exact) mass is 353 g/mol. The summed E-state index contributed by atoms with van der Waals surface area (Å²) in [5.41, 5.74) is 2.47. The fourth-order valence-corrected chi connectivity index (χ4v) is 6.58. The van der Waals surface area contributed by atoms with E-state index in [1.807, 2.05) is 0 Å². The van der Waals surface area contributed by atoms with Gasteiger partial charge < -0.3 is 4.90 Å². The van der Waals surface area contributed by atoms with Crippen LogP contribution in [0.5, 0.6) is 0 Å². The molecule has 4 fully saturated rings. The number of hydrogen-bond acceptors (Lipinski definition) is 3. The number of pyridine rings is 1. The van der Waals surface area contributed by atoms with Crippen LogP contribution in [0.25, 0.3) is 0 Å². The molecule has 26 heavy (non-hydrogen) atoms. The van der Waals surface area contributed by atoms with Gasteiger partial charge in [0, 0.05) is 38.4 Å². The third kappa shape index (κ3) is 2.53. The van der Waals surface area contributed by atoms with Crippen LogP contribution in [0.3, 0.4) is 0 Å². The number of rotatable bonds is 5. The molecule has 1 aliphatic heterocycles. The van der Waals surface area contributed by atoms with Crippen LogP contribution >= 0.6 is 0 Å². The predicted octanol–water partition coefficient (Wildman–Crippen LogP) is 4.47. The largest absolute Gasteiger partial charge is 0.354 e. The van der Waals surface area contributed by atoms with E-state index in [-0.39, 0.29) is 5.41 Å². The normalized spacial score (nSPS) is 36.4. The Morgan fingerprint density at radius 3 is 2.50 bits per heavy atom. The van der Waals surface area contributed by atoms with Crippen molar-refractivity contribution >= 4 is 5.82 Å². The van der Waals surface area contributed by atoms with Crippen molar-refractivity contribution < 1.29 is 0 Å². The summed E-state index contributed by atoms with van der Waals surface area (Å²) in [5, 5.41) is 0. The molecule has 2 heterocycles. The molecule has 1 aromatic heterocycles. The number of anilines is 1. The van der Waals surface area contributed by atoms with E-state index < -0.39 is 0 Å². The van der Waals surface area contributed by atoms with Crippen molar-refractivity contribution in [2.45, 2.75) is 70.8 Å². The second-order valence-electron chi connectivity index (χ2n) is 10.1. The first-order chi connectivity index (χ1) is 12.5. The Kier molecular flexibility index (Phi) is 3.90. The van der Waals surface area contributed by atoms with E-state index >= 15 is 0 Å². The summed E-state index contributed by atoms with van der Waals surface area (Å²) in [6.45, 7) is 11.7. The highest BCUT2D eigenvalue weighted by atomic mass is 15.3. The van der Waals surface area contributed by atoms with Crippen LogP contribution in [0.4, 0.5) is 5.82 Å². The standard InChI is InChI=1S/C23H35N3/c1-4-8-22(2,3)18-5-6-21(24-16-18)26-12-10-25(11-13-26)20-14-17-7-9-23(17)15-19(20)23/h5-6,16-17,19-20H,4,7-15H2,1-3H3. The fraction of sp³-hybridized carbons (Fsp3) is 0.783. The minimum atomic E-state index is 0.237. The highest BCUT2D eigenvalue weighted by Gasteiger charge is 2.71. The second kappa shape index (κ2) is 5.95. The Morgan fingerprint density at radius 1 is 1.19 bits per heavy atom. The van der Waals surface area contributed by atoms with Crippen LogP contribution < -0.4 is 4.90 Å². The van der Waals surface area contributed by atoms with Gasteiger partial charge in [0.25, 0.3) is 0 Å². The highest BCUT2D eigenvalue weighted by Crippen LogP contribution is 2.76. The maximum Gasteiger partial charge on any atom is 0.128 e. The van der Waals surface area contributed by atoms with Gasteiger partial charge in [0.2, 0.25) is 0 Å². The first kappa shape index (κ1) is 17.0. The Balaban J connectivity index is 1.19. The van der Waals surface area contributed by atoms with Gasteiger partial charge in [-0.05, 0) is 66.4 Å². The van der Waals surface area contributed by atoms with E-state index in [9.17, 15) is 0 Å². The molecule has 0 bridgehead atoms. The predicted molar refractivity (Wildman–Crippen MR) is 108 cm³/mol. The number of aromatic nitrogens is 1. The lowest BCUT2D eigenvalue weighted by atomic mass is 9.71. The molecule has 0 amide bonds. The zero-order chi connectivity index (χ0) is 17.9. The molecule has 3 nitrogen and oxygen atoms in total. The maximum atomic E-state index is 4.84. The van der Waals surface area contributed by atoms with Gasteiger partial charge in [-0.15, -0.1) is 0 Å². The Hall–Kier alpha value is -1.09. The molecule has 4 unspecified atom stereocenters. The average Bonchev–Trinajstić information content (AvgIpc) is 3.35. The van der Waals surface area contributed by atoms with Crippen LogP contribution in [-0.4, -0.2) is 42.1 Å². The zero-order valence-corrected chi connectivity index (χ0v) is 16.9. The highest BCUT2D eigenvalue weighted by molar-refractivity contribution is 5.41. The van der Waals surface area contributed by atoms with E-state index in [0.717, 1.165) is 36.4 Å². The first-order valence-corrected chi connectivity index (χ1v) is 11.0. The third-order valence-corrected chi connectivity index (χ3v) is 8.45. The fourth-order valence-electron chi connectivity index (χ4n) is 6.58. The Morgan fingerprint density at radius 2 is 2.00 bits per heavy atom. The third-order valence-electron chi connectivity index (χ3n) is 8.45. The molecule has 3 heteroatoms. The van der Waals surface area contributed by atoms with Gasteiger partial charge in [-0.25, -0.2) is 4.98 Å². The first-order valence-electron chi connectivity index (χ1n) is 11.0. The molecule has 3 aliphatic carbocycles. The van der Waals surface area contributed by atoms with Crippen molar-refractivity contribution in [2.75, 3.05) is 31.1 Å². The van der Waals surface area contributed by atoms with E-state index in [1.54, 1.807) is 12.8 Å². The topological polar surface area (TPSA) is 19.4 Å². The smallest absolute Gasteiger partial charge is 0.128 e. The molecule has 3 saturated carbocycles. The van der Waals surface area contributed by atoms with E-state index in [1.165, 1.54) is 50.2 Å². The molecule has 0 N–H and O–H groups in total. The summed E-state index contributed by atoms with van der Waals surface area (Å²) in [6, 6.07) is 5.48. The minimum absolute atomic E-state index is 0.237. The van der Waals surface area contributed by atoms with Crippen LogP contribution in [0.15, 0.2) is 18.3 Å². The quantitative estimate of drug-likeness (QED) is 0.778. The van der Waals surface area contributed by atoms with Crippen molar-refractivity contribution in [2.24, 2.45) is 17.3 Å². The molecule has 4 atom stereocenters. The summed E-state index contributed by atoms with van der Waals surface area (Å²) < 4.78 is 0. The summed E-state index contributed by atoms with van der Waals surface area (Å²) in [5.74, 6) is 3.33. The number of piperazine rings is 1. The molecule has 1 aromatic rings. The molecule has 0 aromatic carbocycles. The van der Waals surface area contributed by atoms with Crippen molar-refractivity contribution in [1.29, 1.82) is 0 Å².